The molecule has 3 saturated carbocycles. The smallest absolute Gasteiger partial charge is 0.400 e. The highest BCUT2D eigenvalue weighted by Crippen LogP contribution is 2.56. The summed E-state index contributed by atoms with van der Waals surface area (Å²) in [5.41, 5.74) is -0.637. The highest BCUT2D eigenvalue weighted by Gasteiger charge is 2.46. The lowest BCUT2D eigenvalue weighted by Crippen LogP contribution is -2.36. The van der Waals surface area contributed by atoms with Crippen molar-refractivity contribution in [3.8, 4) is 0 Å². The Morgan fingerprint density at radius 3 is 2.21 bits per heavy atom. The Morgan fingerprint density at radius 2 is 1.76 bits per heavy atom. The van der Waals surface area contributed by atoms with Crippen molar-refractivity contribution in [1.29, 1.82) is 0 Å². The summed E-state index contributed by atoms with van der Waals surface area (Å²) in [6.07, 6.45) is 2.29. The van der Waals surface area contributed by atoms with E-state index in [1.807, 2.05) is 6.92 Å². The predicted molar refractivity (Wildman–Crippen MR) is 141 cm³/mol. The number of fused-ring (bicyclic) bond motifs is 2. The fourth-order valence-corrected chi connectivity index (χ4v) is 5.63. The van der Waals surface area contributed by atoms with Gasteiger partial charge in [0.15, 0.2) is 5.69 Å². The molecule has 212 valence electrons. The minimum absolute atomic E-state index is 0.0519. The van der Waals surface area contributed by atoms with Gasteiger partial charge in [0.25, 0.3) is 5.91 Å². The molecule has 2 atom stereocenters. The summed E-state index contributed by atoms with van der Waals surface area (Å²) in [6.45, 7) is 8.05. The van der Waals surface area contributed by atoms with Crippen LogP contribution in [0.3, 0.4) is 0 Å². The first-order valence-electron chi connectivity index (χ1n) is 13.4. The molecule has 0 saturated heterocycles. The van der Waals surface area contributed by atoms with Crippen molar-refractivity contribution in [3.05, 3.63) is 34.1 Å². The highest BCUT2D eigenvalue weighted by molar-refractivity contribution is 6.36. The molecular weight excluding hydrogens is 519 g/mol. The van der Waals surface area contributed by atoms with Gasteiger partial charge in [0.05, 0.1) is 17.1 Å². The number of Topliss-reactive ketones (excluding diaryl/α,β-unsaturated/α-hetero) is 1. The molecule has 10 heteroatoms. The number of ketones is 1. The third-order valence-corrected chi connectivity index (χ3v) is 8.03. The molecule has 1 N–H and O–H groups in total. The van der Waals surface area contributed by atoms with E-state index in [2.05, 4.69) is 18.9 Å². The van der Waals surface area contributed by atoms with Gasteiger partial charge in [0.2, 0.25) is 0 Å². The zero-order chi connectivity index (χ0) is 28.4. The SMILES string of the molecule is CC(C)C1CC2CC2C1.CCCN(CC(C)=O)C(=O)c1nn2c(C(F)(F)F)cc(C3CC3)cc2c1Cl.CO. The van der Waals surface area contributed by atoms with Crippen molar-refractivity contribution >= 4 is 28.8 Å². The van der Waals surface area contributed by atoms with Gasteiger partial charge in [-0.1, -0.05) is 32.4 Å². The van der Waals surface area contributed by atoms with Crippen molar-refractivity contribution in [1.82, 2.24) is 14.5 Å². The average Bonchev–Trinajstić information content (AvgIpc) is 3.78. The number of aliphatic hydroxyl groups is 1. The van der Waals surface area contributed by atoms with Crippen LogP contribution >= 0.6 is 11.6 Å². The van der Waals surface area contributed by atoms with Crippen LogP contribution in [0.15, 0.2) is 12.1 Å². The topological polar surface area (TPSA) is 74.9 Å². The van der Waals surface area contributed by atoms with Crippen LogP contribution in [-0.2, 0) is 11.0 Å². The molecule has 3 fully saturated rings. The monoisotopic (exact) mass is 557 g/mol. The van der Waals surface area contributed by atoms with Crippen molar-refractivity contribution in [3.63, 3.8) is 0 Å². The molecule has 38 heavy (non-hydrogen) atoms. The minimum atomic E-state index is -4.64. The van der Waals surface area contributed by atoms with Crippen LogP contribution in [0, 0.1) is 23.7 Å². The lowest BCUT2D eigenvalue weighted by Gasteiger charge is -2.19. The van der Waals surface area contributed by atoms with Gasteiger partial charge in [-0.05, 0) is 92.7 Å². The van der Waals surface area contributed by atoms with Crippen molar-refractivity contribution in [2.24, 2.45) is 23.7 Å². The molecular formula is C28H39ClF3N3O3. The Labute approximate surface area is 227 Å². The van der Waals surface area contributed by atoms with Gasteiger partial charge >= 0.3 is 6.18 Å². The Kier molecular flexibility index (Phi) is 9.90. The van der Waals surface area contributed by atoms with Gasteiger partial charge in [-0.3, -0.25) is 9.59 Å². The first-order chi connectivity index (χ1) is 17.9. The number of nitrogens with zero attached hydrogens (tertiary/aromatic N) is 3. The summed E-state index contributed by atoms with van der Waals surface area (Å²) in [7, 11) is 1.00. The van der Waals surface area contributed by atoms with Crippen LogP contribution in [0.4, 0.5) is 13.2 Å². The van der Waals surface area contributed by atoms with E-state index in [0.717, 1.165) is 37.9 Å². The number of carbonyl (C=O) groups is 2. The Bertz CT molecular complexity index is 1130. The lowest BCUT2D eigenvalue weighted by atomic mass is 9.91. The van der Waals surface area contributed by atoms with Gasteiger partial charge in [0, 0.05) is 13.7 Å². The van der Waals surface area contributed by atoms with Crippen LogP contribution in [0.2, 0.25) is 5.02 Å². The number of carbonyl (C=O) groups excluding carboxylic acids is 2. The summed E-state index contributed by atoms with van der Waals surface area (Å²) >= 11 is 6.27. The van der Waals surface area contributed by atoms with Crippen LogP contribution in [0.1, 0.15) is 93.9 Å². The number of hydrogen-bond acceptors (Lipinski definition) is 4. The van der Waals surface area contributed by atoms with Gasteiger partial charge in [-0.25, -0.2) is 4.52 Å². The van der Waals surface area contributed by atoms with E-state index in [0.29, 0.717) is 16.5 Å². The quantitative estimate of drug-likeness (QED) is 0.415. The van der Waals surface area contributed by atoms with Crippen LogP contribution < -0.4 is 0 Å². The van der Waals surface area contributed by atoms with Crippen LogP contribution in [-0.4, -0.2) is 51.5 Å². The molecule has 0 bridgehead atoms. The third kappa shape index (κ3) is 7.08. The Morgan fingerprint density at radius 1 is 1.16 bits per heavy atom. The molecule has 2 aromatic heterocycles. The molecule has 0 radical (unpaired) electrons. The van der Waals surface area contributed by atoms with Crippen molar-refractivity contribution < 1.29 is 27.9 Å². The Balaban J connectivity index is 0.000000301. The average molecular weight is 558 g/mol. The molecule has 0 spiro atoms. The second-order valence-electron chi connectivity index (χ2n) is 11.1. The van der Waals surface area contributed by atoms with Crippen molar-refractivity contribution in [2.45, 2.75) is 78.3 Å². The van der Waals surface area contributed by atoms with E-state index in [9.17, 15) is 22.8 Å². The zero-order valence-electron chi connectivity index (χ0n) is 22.8. The molecule has 0 aliphatic heterocycles. The third-order valence-electron chi connectivity index (χ3n) is 7.65. The molecule has 0 aromatic carbocycles. The number of aliphatic hydroxyl groups excluding tert-OH is 1. The fourth-order valence-electron chi connectivity index (χ4n) is 5.38. The van der Waals surface area contributed by atoms with Gasteiger partial charge in [-0.15, -0.1) is 0 Å². The maximum atomic E-state index is 13.5. The largest absolute Gasteiger partial charge is 0.433 e. The summed E-state index contributed by atoms with van der Waals surface area (Å²) in [5, 5.41) is 10.7. The highest BCUT2D eigenvalue weighted by atomic mass is 35.5. The number of amides is 1. The van der Waals surface area contributed by atoms with E-state index in [1.165, 1.54) is 23.7 Å². The molecule has 2 aromatic rings. The standard InChI is InChI=1S/C18H19ClF3N3O2.C9H16.CH4O/c1-3-6-24(9-10(2)26)17(27)16-15(19)13-7-12(11-4-5-11)8-14(18(20,21)22)25(13)23-16;1-6(2)7-3-8-5-9(8)4-7;1-2/h7-8,11H,3-6,9H2,1-2H3;6-9H,3-5H2,1-2H3;2H,1H3. The van der Waals surface area contributed by atoms with Crippen LogP contribution in [0.25, 0.3) is 5.52 Å². The summed E-state index contributed by atoms with van der Waals surface area (Å²) in [4.78, 5) is 25.5. The molecule has 3 aliphatic carbocycles. The molecule has 1 amide bonds. The minimum Gasteiger partial charge on any atom is -0.400 e. The van der Waals surface area contributed by atoms with E-state index >= 15 is 0 Å². The first-order valence-corrected chi connectivity index (χ1v) is 13.8. The van der Waals surface area contributed by atoms with Gasteiger partial charge in [-0.2, -0.15) is 18.3 Å². The first kappa shape index (κ1) is 30.4. The van der Waals surface area contributed by atoms with Gasteiger partial charge < -0.3 is 10.0 Å². The lowest BCUT2D eigenvalue weighted by molar-refractivity contribution is -0.142. The maximum Gasteiger partial charge on any atom is 0.433 e. The van der Waals surface area contributed by atoms with E-state index in [1.54, 1.807) is 25.3 Å². The second kappa shape index (κ2) is 12.4. The number of pyridine rings is 1. The molecule has 2 unspecified atom stereocenters. The summed E-state index contributed by atoms with van der Waals surface area (Å²) in [5.74, 6) is 3.60. The fraction of sp³-hybridized carbons (Fsp3) is 0.679. The normalized spacial score (nSPS) is 21.8. The van der Waals surface area contributed by atoms with Crippen LogP contribution in [0.5, 0.6) is 0 Å². The second-order valence-corrected chi connectivity index (χ2v) is 11.4. The summed E-state index contributed by atoms with van der Waals surface area (Å²) in [6, 6.07) is 2.63. The Hall–Kier alpha value is -2.13. The molecule has 6 nitrogen and oxygen atoms in total. The van der Waals surface area contributed by atoms with E-state index in [-0.39, 0.29) is 41.0 Å². The number of rotatable bonds is 7. The van der Waals surface area contributed by atoms with Gasteiger partial charge in [0.1, 0.15) is 11.5 Å². The summed E-state index contributed by atoms with van der Waals surface area (Å²) < 4.78 is 41.3. The van der Waals surface area contributed by atoms with Crippen molar-refractivity contribution in [2.75, 3.05) is 20.2 Å². The number of hydrogen-bond donors (Lipinski definition) is 1. The van der Waals surface area contributed by atoms with E-state index in [4.69, 9.17) is 16.7 Å². The number of alkyl halides is 3. The molecule has 2 heterocycles. The predicted octanol–water partition coefficient (Wildman–Crippen LogP) is 6.62. The maximum absolute atomic E-state index is 13.5. The van der Waals surface area contributed by atoms with E-state index < -0.39 is 17.8 Å². The molecule has 3 aliphatic rings. The molecule has 5 rings (SSSR count). The zero-order valence-corrected chi connectivity index (χ0v) is 23.6. The number of aromatic nitrogens is 2. The number of halogens is 4.